The van der Waals surface area contributed by atoms with Gasteiger partial charge in [-0.3, -0.25) is 4.79 Å². The van der Waals surface area contributed by atoms with E-state index in [1.807, 2.05) is 13.2 Å². The van der Waals surface area contributed by atoms with Gasteiger partial charge in [-0.15, -0.1) is 0 Å². The predicted molar refractivity (Wildman–Crippen MR) is 80.4 cm³/mol. The van der Waals surface area contributed by atoms with Gasteiger partial charge >= 0.3 is 0 Å². The van der Waals surface area contributed by atoms with Crippen LogP contribution in [0.15, 0.2) is 12.1 Å². The fourth-order valence-electron chi connectivity index (χ4n) is 1.76. The van der Waals surface area contributed by atoms with Gasteiger partial charge in [-0.25, -0.2) is 8.78 Å². The molecule has 1 rings (SSSR count). The third-order valence-electron chi connectivity index (χ3n) is 2.72. The zero-order valence-corrected chi connectivity index (χ0v) is 12.7. The summed E-state index contributed by atoms with van der Waals surface area (Å²) in [6.07, 6.45) is 1.99. The van der Waals surface area contributed by atoms with Gasteiger partial charge in [0.05, 0.1) is 0 Å². The second-order valence-corrected chi connectivity index (χ2v) is 5.53. The van der Waals surface area contributed by atoms with Crippen molar-refractivity contribution in [1.82, 2.24) is 5.32 Å². The zero-order chi connectivity index (χ0) is 15.1. The number of rotatable bonds is 7. The van der Waals surface area contributed by atoms with Crippen LogP contribution in [0.25, 0.3) is 0 Å². The largest absolute Gasteiger partial charge is 0.381 e. The van der Waals surface area contributed by atoms with Gasteiger partial charge in [-0.05, 0) is 37.0 Å². The smallest absolute Gasteiger partial charge is 0.251 e. The Hall–Kier alpha value is -1.30. The Morgan fingerprint density at radius 1 is 1.35 bits per heavy atom. The van der Waals surface area contributed by atoms with Gasteiger partial charge in [0.2, 0.25) is 0 Å². The van der Waals surface area contributed by atoms with E-state index < -0.39 is 17.5 Å². The molecule has 20 heavy (non-hydrogen) atoms. The molecule has 6 heteroatoms. The molecule has 0 bridgehead atoms. The number of halogens is 2. The lowest BCUT2D eigenvalue weighted by molar-refractivity contribution is 0.0948. The standard InChI is InChI=1S/C14H20F2N2OS/c1-4-17-13-11(15)5-10(6-12(13)16)14(19)18-7-9(2)8-20-3/h5-6,9,17H,4,7-8H2,1-3H3,(H,18,19). The molecule has 3 nitrogen and oxygen atoms in total. The lowest BCUT2D eigenvalue weighted by Gasteiger charge is -2.12. The van der Waals surface area contributed by atoms with Crippen LogP contribution >= 0.6 is 11.8 Å². The Balaban J connectivity index is 2.74. The van der Waals surface area contributed by atoms with E-state index in [1.165, 1.54) is 0 Å². The van der Waals surface area contributed by atoms with E-state index in [2.05, 4.69) is 10.6 Å². The van der Waals surface area contributed by atoms with Crippen LogP contribution in [-0.2, 0) is 0 Å². The predicted octanol–water partition coefficient (Wildman–Crippen LogP) is 3.13. The Bertz CT molecular complexity index is 445. The fraction of sp³-hybridized carbons (Fsp3) is 0.500. The van der Waals surface area contributed by atoms with E-state index in [9.17, 15) is 13.6 Å². The number of hydrogen-bond acceptors (Lipinski definition) is 3. The topological polar surface area (TPSA) is 41.1 Å². The van der Waals surface area contributed by atoms with E-state index in [4.69, 9.17) is 0 Å². The normalized spacial score (nSPS) is 12.1. The maximum Gasteiger partial charge on any atom is 0.251 e. The number of carbonyl (C=O) groups excluding carboxylic acids is 1. The first-order valence-corrected chi connectivity index (χ1v) is 7.89. The summed E-state index contributed by atoms with van der Waals surface area (Å²) in [4.78, 5) is 11.9. The van der Waals surface area contributed by atoms with Crippen molar-refractivity contribution in [1.29, 1.82) is 0 Å². The molecule has 0 aliphatic heterocycles. The van der Waals surface area contributed by atoms with Gasteiger partial charge in [0.25, 0.3) is 5.91 Å². The van der Waals surface area contributed by atoms with Gasteiger partial charge in [-0.1, -0.05) is 6.92 Å². The molecule has 0 heterocycles. The van der Waals surface area contributed by atoms with Gasteiger partial charge in [0, 0.05) is 18.7 Å². The minimum absolute atomic E-state index is 0.00185. The molecule has 1 amide bonds. The van der Waals surface area contributed by atoms with Crippen LogP contribution in [-0.4, -0.2) is 31.0 Å². The summed E-state index contributed by atoms with van der Waals surface area (Å²) in [7, 11) is 0. The van der Waals surface area contributed by atoms with Crippen molar-refractivity contribution in [3.63, 3.8) is 0 Å². The number of hydrogen-bond donors (Lipinski definition) is 2. The molecule has 0 radical (unpaired) electrons. The van der Waals surface area contributed by atoms with Crippen molar-refractivity contribution in [2.75, 3.05) is 30.4 Å². The van der Waals surface area contributed by atoms with Crippen molar-refractivity contribution >= 4 is 23.4 Å². The maximum atomic E-state index is 13.7. The number of carbonyl (C=O) groups is 1. The van der Waals surface area contributed by atoms with Crippen LogP contribution in [0.3, 0.4) is 0 Å². The summed E-state index contributed by atoms with van der Waals surface area (Å²) >= 11 is 1.69. The highest BCUT2D eigenvalue weighted by molar-refractivity contribution is 7.98. The molecule has 1 aromatic rings. The highest BCUT2D eigenvalue weighted by Gasteiger charge is 2.15. The molecule has 0 spiro atoms. The number of anilines is 1. The van der Waals surface area contributed by atoms with E-state index >= 15 is 0 Å². The first-order valence-electron chi connectivity index (χ1n) is 6.49. The van der Waals surface area contributed by atoms with Crippen LogP contribution < -0.4 is 10.6 Å². The SMILES string of the molecule is CCNc1c(F)cc(C(=O)NCC(C)CSC)cc1F. The molecule has 1 aromatic carbocycles. The summed E-state index contributed by atoms with van der Waals surface area (Å²) in [5.41, 5.74) is -0.196. The van der Waals surface area contributed by atoms with E-state index in [-0.39, 0.29) is 11.3 Å². The molecule has 1 unspecified atom stereocenters. The van der Waals surface area contributed by atoms with Crippen molar-refractivity contribution in [3.8, 4) is 0 Å². The monoisotopic (exact) mass is 302 g/mol. The van der Waals surface area contributed by atoms with Crippen molar-refractivity contribution < 1.29 is 13.6 Å². The second-order valence-electron chi connectivity index (χ2n) is 4.62. The highest BCUT2D eigenvalue weighted by Crippen LogP contribution is 2.20. The molecular weight excluding hydrogens is 282 g/mol. The van der Waals surface area contributed by atoms with Crippen molar-refractivity contribution in [2.24, 2.45) is 5.92 Å². The molecule has 0 saturated carbocycles. The third-order valence-corrected chi connectivity index (χ3v) is 3.62. The van der Waals surface area contributed by atoms with Gasteiger partial charge in [0.15, 0.2) is 0 Å². The maximum absolute atomic E-state index is 13.7. The number of thioether (sulfide) groups is 1. The van der Waals surface area contributed by atoms with Gasteiger partial charge in [0.1, 0.15) is 17.3 Å². The summed E-state index contributed by atoms with van der Waals surface area (Å²) < 4.78 is 27.4. The summed E-state index contributed by atoms with van der Waals surface area (Å²) in [6, 6.07) is 2.10. The highest BCUT2D eigenvalue weighted by atomic mass is 32.2. The molecule has 0 aliphatic rings. The van der Waals surface area contributed by atoms with E-state index in [0.29, 0.717) is 19.0 Å². The average Bonchev–Trinajstić information content (AvgIpc) is 2.40. The van der Waals surface area contributed by atoms with Crippen LogP contribution in [0.4, 0.5) is 14.5 Å². The Labute approximate surface area is 122 Å². The summed E-state index contributed by atoms with van der Waals surface area (Å²) in [5, 5.41) is 5.28. The molecule has 0 fully saturated rings. The quantitative estimate of drug-likeness (QED) is 0.813. The van der Waals surface area contributed by atoms with Gasteiger partial charge in [-0.2, -0.15) is 11.8 Å². The van der Waals surface area contributed by atoms with Gasteiger partial charge < -0.3 is 10.6 Å². The lowest BCUT2D eigenvalue weighted by atomic mass is 10.1. The van der Waals surface area contributed by atoms with Crippen LogP contribution in [0.2, 0.25) is 0 Å². The molecule has 2 N–H and O–H groups in total. The molecule has 0 aliphatic carbocycles. The Morgan fingerprint density at radius 3 is 2.45 bits per heavy atom. The number of benzene rings is 1. The lowest BCUT2D eigenvalue weighted by Crippen LogP contribution is -2.29. The van der Waals surface area contributed by atoms with Crippen molar-refractivity contribution in [2.45, 2.75) is 13.8 Å². The Kier molecular flexibility index (Phi) is 6.78. The van der Waals surface area contributed by atoms with Crippen LogP contribution in [0.1, 0.15) is 24.2 Å². The molecule has 0 saturated heterocycles. The second kappa shape index (κ2) is 8.09. The van der Waals surface area contributed by atoms with E-state index in [0.717, 1.165) is 17.9 Å². The first-order chi connectivity index (χ1) is 9.49. The molecule has 0 aromatic heterocycles. The number of amides is 1. The van der Waals surface area contributed by atoms with E-state index in [1.54, 1.807) is 18.7 Å². The average molecular weight is 302 g/mol. The van der Waals surface area contributed by atoms with Crippen LogP contribution in [0.5, 0.6) is 0 Å². The molecule has 1 atom stereocenters. The number of nitrogens with one attached hydrogen (secondary N) is 2. The Morgan fingerprint density at radius 2 is 1.95 bits per heavy atom. The fourth-order valence-corrected chi connectivity index (χ4v) is 2.45. The van der Waals surface area contributed by atoms with Crippen LogP contribution in [0, 0.1) is 17.6 Å². The molecule has 112 valence electrons. The summed E-state index contributed by atoms with van der Waals surface area (Å²) in [6.45, 7) is 4.64. The minimum atomic E-state index is -0.755. The first kappa shape index (κ1) is 16.8. The van der Waals surface area contributed by atoms with Crippen molar-refractivity contribution in [3.05, 3.63) is 29.3 Å². The molecular formula is C14H20F2N2OS. The zero-order valence-electron chi connectivity index (χ0n) is 11.9. The minimum Gasteiger partial charge on any atom is -0.381 e. The third kappa shape index (κ3) is 4.67. The summed E-state index contributed by atoms with van der Waals surface area (Å²) in [5.74, 6) is -0.741.